The number of carbonyl (C=O) groups is 1. The molecule has 0 amide bonds. The van der Waals surface area contributed by atoms with Crippen molar-refractivity contribution in [2.24, 2.45) is 0 Å². The molecule has 0 bridgehead atoms. The first-order chi connectivity index (χ1) is 8.16. The van der Waals surface area contributed by atoms with Gasteiger partial charge >= 0.3 is 5.97 Å². The zero-order valence-corrected chi connectivity index (χ0v) is 9.44. The topological polar surface area (TPSA) is 75.4 Å². The summed E-state index contributed by atoms with van der Waals surface area (Å²) in [5.41, 5.74) is 0.720. The van der Waals surface area contributed by atoms with Gasteiger partial charge in [0.25, 0.3) is 0 Å². The van der Waals surface area contributed by atoms with Crippen LogP contribution in [-0.4, -0.2) is 16.1 Å². The Morgan fingerprint density at radius 2 is 2.35 bits per heavy atom. The summed E-state index contributed by atoms with van der Waals surface area (Å²) in [6.07, 6.45) is 2.92. The number of halogens is 1. The molecular formula is C11H9ClN2O3. The van der Waals surface area contributed by atoms with E-state index in [4.69, 9.17) is 21.1 Å². The van der Waals surface area contributed by atoms with E-state index in [0.29, 0.717) is 18.0 Å². The largest absolute Gasteiger partial charge is 0.478 e. The second-order valence-electron chi connectivity index (χ2n) is 3.32. The number of oxazole rings is 1. The van der Waals surface area contributed by atoms with Crippen LogP contribution in [0.15, 0.2) is 35.2 Å². The molecule has 0 spiro atoms. The Morgan fingerprint density at radius 3 is 3.00 bits per heavy atom. The number of aromatic carboxylic acids is 1. The highest BCUT2D eigenvalue weighted by atomic mass is 35.5. The number of benzene rings is 1. The molecule has 2 rings (SSSR count). The van der Waals surface area contributed by atoms with Gasteiger partial charge in [-0.05, 0) is 18.2 Å². The Kier molecular flexibility index (Phi) is 3.30. The first kappa shape index (κ1) is 11.5. The quantitative estimate of drug-likeness (QED) is 0.875. The fraction of sp³-hybridized carbons (Fsp3) is 0.0909. The molecule has 1 aromatic carbocycles. The lowest BCUT2D eigenvalue weighted by atomic mass is 10.2. The zero-order chi connectivity index (χ0) is 12.3. The van der Waals surface area contributed by atoms with Gasteiger partial charge in [-0.15, -0.1) is 0 Å². The van der Waals surface area contributed by atoms with E-state index in [1.165, 1.54) is 18.5 Å². The molecule has 1 aromatic heterocycles. The van der Waals surface area contributed by atoms with Gasteiger partial charge in [0.15, 0.2) is 6.39 Å². The second kappa shape index (κ2) is 4.88. The van der Waals surface area contributed by atoms with Gasteiger partial charge in [0, 0.05) is 5.69 Å². The van der Waals surface area contributed by atoms with Crippen molar-refractivity contribution in [2.45, 2.75) is 6.54 Å². The molecule has 0 radical (unpaired) electrons. The molecule has 0 aliphatic heterocycles. The van der Waals surface area contributed by atoms with Gasteiger partial charge in [0.2, 0.25) is 0 Å². The van der Waals surface area contributed by atoms with E-state index in [9.17, 15) is 4.79 Å². The number of carboxylic acids is 1. The molecule has 17 heavy (non-hydrogen) atoms. The molecule has 2 aromatic rings. The van der Waals surface area contributed by atoms with Crippen LogP contribution in [0.25, 0.3) is 0 Å². The first-order valence-corrected chi connectivity index (χ1v) is 5.18. The van der Waals surface area contributed by atoms with E-state index in [1.807, 2.05) is 0 Å². The van der Waals surface area contributed by atoms with E-state index in [-0.39, 0.29) is 10.6 Å². The number of nitrogens with one attached hydrogen (secondary N) is 1. The highest BCUT2D eigenvalue weighted by molar-refractivity contribution is 6.33. The number of hydrogen-bond donors (Lipinski definition) is 2. The van der Waals surface area contributed by atoms with Gasteiger partial charge in [0.05, 0.1) is 23.3 Å². The standard InChI is InChI=1S/C11H9ClN2O3/c12-10-2-1-7(3-9(10)11(15)16)14-5-8-4-13-6-17-8/h1-4,6,14H,5H2,(H,15,16). The van der Waals surface area contributed by atoms with Gasteiger partial charge in [0.1, 0.15) is 5.76 Å². The number of aromatic nitrogens is 1. The summed E-state index contributed by atoms with van der Waals surface area (Å²) < 4.78 is 5.04. The minimum atomic E-state index is -1.06. The van der Waals surface area contributed by atoms with Crippen molar-refractivity contribution in [3.63, 3.8) is 0 Å². The van der Waals surface area contributed by atoms with E-state index in [1.54, 1.807) is 12.3 Å². The summed E-state index contributed by atoms with van der Waals surface area (Å²) in [5.74, 6) is -0.393. The molecular weight excluding hydrogens is 244 g/mol. The highest BCUT2D eigenvalue weighted by Gasteiger charge is 2.09. The van der Waals surface area contributed by atoms with E-state index >= 15 is 0 Å². The van der Waals surface area contributed by atoms with Gasteiger partial charge in [-0.25, -0.2) is 9.78 Å². The minimum absolute atomic E-state index is 0.0641. The summed E-state index contributed by atoms with van der Waals surface area (Å²) in [7, 11) is 0. The van der Waals surface area contributed by atoms with Crippen molar-refractivity contribution in [1.29, 1.82) is 0 Å². The van der Waals surface area contributed by atoms with Crippen LogP contribution in [0, 0.1) is 0 Å². The van der Waals surface area contributed by atoms with E-state index in [2.05, 4.69) is 10.3 Å². The van der Waals surface area contributed by atoms with Crippen molar-refractivity contribution < 1.29 is 14.3 Å². The summed E-state index contributed by atoms with van der Waals surface area (Å²) in [4.78, 5) is 14.6. The molecule has 0 unspecified atom stereocenters. The van der Waals surface area contributed by atoms with Crippen molar-refractivity contribution in [2.75, 3.05) is 5.32 Å². The van der Waals surface area contributed by atoms with Crippen molar-refractivity contribution in [3.05, 3.63) is 47.1 Å². The molecule has 0 saturated heterocycles. The van der Waals surface area contributed by atoms with E-state index < -0.39 is 5.97 Å². The van der Waals surface area contributed by atoms with Crippen molar-refractivity contribution in [3.8, 4) is 0 Å². The monoisotopic (exact) mass is 252 g/mol. The molecule has 2 N–H and O–H groups in total. The predicted octanol–water partition coefficient (Wildman–Crippen LogP) is 2.64. The van der Waals surface area contributed by atoms with E-state index in [0.717, 1.165) is 0 Å². The third-order valence-electron chi connectivity index (χ3n) is 2.15. The number of carboxylic acid groups (broad SMARTS) is 1. The fourth-order valence-corrected chi connectivity index (χ4v) is 1.52. The van der Waals surface area contributed by atoms with Crippen LogP contribution in [0.5, 0.6) is 0 Å². The lowest BCUT2D eigenvalue weighted by Gasteiger charge is -2.06. The summed E-state index contributed by atoms with van der Waals surface area (Å²) >= 11 is 5.75. The molecule has 88 valence electrons. The molecule has 0 atom stereocenters. The van der Waals surface area contributed by atoms with Gasteiger partial charge < -0.3 is 14.8 Å². The zero-order valence-electron chi connectivity index (χ0n) is 8.68. The second-order valence-corrected chi connectivity index (χ2v) is 3.73. The van der Waals surface area contributed by atoms with Crippen LogP contribution in [-0.2, 0) is 6.54 Å². The number of hydrogen-bond acceptors (Lipinski definition) is 4. The highest BCUT2D eigenvalue weighted by Crippen LogP contribution is 2.20. The Labute approximate surface area is 102 Å². The Hall–Kier alpha value is -2.01. The lowest BCUT2D eigenvalue weighted by molar-refractivity contribution is 0.0697. The first-order valence-electron chi connectivity index (χ1n) is 4.81. The van der Waals surface area contributed by atoms with Crippen LogP contribution < -0.4 is 5.32 Å². The number of nitrogens with zero attached hydrogens (tertiary/aromatic N) is 1. The summed E-state index contributed by atoms with van der Waals surface area (Å²) in [5, 5.41) is 12.1. The third kappa shape index (κ3) is 2.76. The molecule has 0 fully saturated rings. The van der Waals surface area contributed by atoms with Gasteiger partial charge in [-0.1, -0.05) is 11.6 Å². The van der Waals surface area contributed by atoms with Crippen LogP contribution in [0.1, 0.15) is 16.1 Å². The molecule has 0 aliphatic rings. The smallest absolute Gasteiger partial charge is 0.337 e. The Bertz CT molecular complexity index is 526. The average Bonchev–Trinajstić information content (AvgIpc) is 2.80. The molecule has 1 heterocycles. The Morgan fingerprint density at radius 1 is 1.53 bits per heavy atom. The van der Waals surface area contributed by atoms with Gasteiger partial charge in [-0.3, -0.25) is 0 Å². The molecule has 6 heteroatoms. The van der Waals surface area contributed by atoms with Crippen molar-refractivity contribution >= 4 is 23.3 Å². The fourth-order valence-electron chi connectivity index (χ4n) is 1.32. The lowest BCUT2D eigenvalue weighted by Crippen LogP contribution is -2.02. The summed E-state index contributed by atoms with van der Waals surface area (Å²) in [6, 6.07) is 4.71. The number of anilines is 1. The Balaban J connectivity index is 2.11. The van der Waals surface area contributed by atoms with Crippen LogP contribution in [0.2, 0.25) is 5.02 Å². The maximum atomic E-state index is 10.9. The van der Waals surface area contributed by atoms with Crippen LogP contribution in [0.3, 0.4) is 0 Å². The molecule has 0 saturated carbocycles. The predicted molar refractivity (Wildman–Crippen MR) is 62.2 cm³/mol. The third-order valence-corrected chi connectivity index (χ3v) is 2.48. The average molecular weight is 253 g/mol. The maximum Gasteiger partial charge on any atom is 0.337 e. The summed E-state index contributed by atoms with van der Waals surface area (Å²) in [6.45, 7) is 0.431. The normalized spacial score (nSPS) is 10.2. The van der Waals surface area contributed by atoms with Crippen molar-refractivity contribution in [1.82, 2.24) is 4.98 Å². The minimum Gasteiger partial charge on any atom is -0.478 e. The van der Waals surface area contributed by atoms with Crippen LogP contribution in [0.4, 0.5) is 5.69 Å². The van der Waals surface area contributed by atoms with Gasteiger partial charge in [-0.2, -0.15) is 0 Å². The van der Waals surface area contributed by atoms with Crippen LogP contribution >= 0.6 is 11.6 Å². The number of rotatable bonds is 4. The maximum absolute atomic E-state index is 10.9. The SMILES string of the molecule is O=C(O)c1cc(NCc2cnco2)ccc1Cl. The molecule has 5 nitrogen and oxygen atoms in total. The molecule has 0 aliphatic carbocycles.